The molecule has 1 aromatic rings. The molecular weight excluding hydrogens is 240 g/mol. The molecule has 1 aliphatic carbocycles. The van der Waals surface area contributed by atoms with Crippen LogP contribution in [0, 0.1) is 11.8 Å². The second-order valence-electron chi connectivity index (χ2n) is 5.23. The van der Waals surface area contributed by atoms with Crippen molar-refractivity contribution in [1.82, 2.24) is 5.32 Å². The SMILES string of the molecule is NC[C@H]1CCC[C@H]1C(=O)NCc1cccc(CO)c1. The summed E-state index contributed by atoms with van der Waals surface area (Å²) < 4.78 is 0. The zero-order chi connectivity index (χ0) is 13.7. The van der Waals surface area contributed by atoms with Gasteiger partial charge in [0, 0.05) is 12.5 Å². The Hall–Kier alpha value is -1.39. The van der Waals surface area contributed by atoms with Crippen LogP contribution >= 0.6 is 0 Å². The van der Waals surface area contributed by atoms with E-state index in [1.54, 1.807) is 0 Å². The zero-order valence-corrected chi connectivity index (χ0v) is 11.1. The summed E-state index contributed by atoms with van der Waals surface area (Å²) in [6, 6.07) is 7.63. The minimum Gasteiger partial charge on any atom is -0.392 e. The molecule has 1 aliphatic rings. The molecule has 1 fully saturated rings. The molecule has 0 aromatic heterocycles. The van der Waals surface area contributed by atoms with Gasteiger partial charge >= 0.3 is 0 Å². The Morgan fingerprint density at radius 2 is 2.16 bits per heavy atom. The second-order valence-corrected chi connectivity index (χ2v) is 5.23. The fraction of sp³-hybridized carbons (Fsp3) is 0.533. The van der Waals surface area contributed by atoms with Crippen molar-refractivity contribution >= 4 is 5.91 Å². The molecule has 4 N–H and O–H groups in total. The van der Waals surface area contributed by atoms with E-state index in [2.05, 4.69) is 5.32 Å². The van der Waals surface area contributed by atoms with Gasteiger partial charge in [-0.05, 0) is 36.4 Å². The van der Waals surface area contributed by atoms with Gasteiger partial charge in [-0.15, -0.1) is 0 Å². The van der Waals surface area contributed by atoms with Crippen molar-refractivity contribution in [3.8, 4) is 0 Å². The average molecular weight is 262 g/mol. The van der Waals surface area contributed by atoms with E-state index in [9.17, 15) is 4.79 Å². The Morgan fingerprint density at radius 1 is 1.37 bits per heavy atom. The van der Waals surface area contributed by atoms with E-state index < -0.39 is 0 Å². The number of hydrogen-bond donors (Lipinski definition) is 3. The number of carbonyl (C=O) groups excluding carboxylic acids is 1. The fourth-order valence-corrected chi connectivity index (χ4v) is 2.82. The highest BCUT2D eigenvalue weighted by molar-refractivity contribution is 5.79. The van der Waals surface area contributed by atoms with Crippen molar-refractivity contribution in [3.05, 3.63) is 35.4 Å². The highest BCUT2D eigenvalue weighted by Gasteiger charge is 2.31. The molecule has 0 aliphatic heterocycles. The van der Waals surface area contributed by atoms with Crippen LogP contribution in [0.15, 0.2) is 24.3 Å². The van der Waals surface area contributed by atoms with Gasteiger partial charge in [0.15, 0.2) is 0 Å². The molecule has 2 rings (SSSR count). The Balaban J connectivity index is 1.89. The van der Waals surface area contributed by atoms with E-state index >= 15 is 0 Å². The van der Waals surface area contributed by atoms with E-state index in [4.69, 9.17) is 10.8 Å². The third-order valence-corrected chi connectivity index (χ3v) is 3.94. The third kappa shape index (κ3) is 3.55. The molecule has 0 spiro atoms. The lowest BCUT2D eigenvalue weighted by Gasteiger charge is -2.17. The molecule has 0 radical (unpaired) electrons. The Morgan fingerprint density at radius 3 is 2.89 bits per heavy atom. The number of aliphatic hydroxyl groups excluding tert-OH is 1. The number of nitrogens with one attached hydrogen (secondary N) is 1. The maximum Gasteiger partial charge on any atom is 0.223 e. The average Bonchev–Trinajstić information content (AvgIpc) is 2.93. The molecule has 1 saturated carbocycles. The summed E-state index contributed by atoms with van der Waals surface area (Å²) in [6.45, 7) is 1.14. The van der Waals surface area contributed by atoms with Gasteiger partial charge in [0.25, 0.3) is 0 Å². The van der Waals surface area contributed by atoms with Crippen molar-refractivity contribution in [1.29, 1.82) is 0 Å². The normalized spacial score (nSPS) is 22.4. The van der Waals surface area contributed by atoms with Crippen molar-refractivity contribution in [3.63, 3.8) is 0 Å². The molecule has 0 unspecified atom stereocenters. The summed E-state index contributed by atoms with van der Waals surface area (Å²) in [7, 11) is 0. The predicted octanol–water partition coefficient (Wildman–Crippen LogP) is 1.17. The monoisotopic (exact) mass is 262 g/mol. The number of nitrogens with two attached hydrogens (primary N) is 1. The smallest absolute Gasteiger partial charge is 0.223 e. The van der Waals surface area contributed by atoms with Crippen molar-refractivity contribution in [2.24, 2.45) is 17.6 Å². The van der Waals surface area contributed by atoms with Gasteiger partial charge in [-0.1, -0.05) is 30.7 Å². The van der Waals surface area contributed by atoms with E-state index in [1.165, 1.54) is 0 Å². The molecule has 0 saturated heterocycles. The van der Waals surface area contributed by atoms with Gasteiger partial charge < -0.3 is 16.2 Å². The first-order chi connectivity index (χ1) is 9.24. The van der Waals surface area contributed by atoms with E-state index in [1.807, 2.05) is 24.3 Å². The number of carbonyl (C=O) groups is 1. The van der Waals surface area contributed by atoms with Crippen LogP contribution in [0.3, 0.4) is 0 Å². The summed E-state index contributed by atoms with van der Waals surface area (Å²) in [5.41, 5.74) is 7.58. The van der Waals surface area contributed by atoms with Gasteiger partial charge in [0.1, 0.15) is 0 Å². The second kappa shape index (κ2) is 6.68. The molecule has 2 atom stereocenters. The minimum atomic E-state index is 0.0274. The number of benzene rings is 1. The van der Waals surface area contributed by atoms with E-state index in [-0.39, 0.29) is 18.4 Å². The standard InChI is InChI=1S/C15H22N2O2/c16-8-13-5-2-6-14(13)15(19)17-9-11-3-1-4-12(7-11)10-18/h1,3-4,7,13-14,18H,2,5-6,8-10,16H2,(H,17,19)/t13-,14-/m1/s1. The maximum absolute atomic E-state index is 12.1. The van der Waals surface area contributed by atoms with Crippen LogP contribution in [0.2, 0.25) is 0 Å². The Kier molecular flexibility index (Phi) is 4.93. The topological polar surface area (TPSA) is 75.4 Å². The van der Waals surface area contributed by atoms with Crippen molar-refractivity contribution in [2.75, 3.05) is 6.54 Å². The number of hydrogen-bond acceptors (Lipinski definition) is 3. The lowest BCUT2D eigenvalue weighted by atomic mass is 9.95. The van der Waals surface area contributed by atoms with Crippen LogP contribution in [-0.2, 0) is 17.9 Å². The minimum absolute atomic E-state index is 0.0274. The van der Waals surface area contributed by atoms with Crippen LogP contribution in [-0.4, -0.2) is 17.6 Å². The van der Waals surface area contributed by atoms with Crippen LogP contribution in [0.4, 0.5) is 0 Å². The Labute approximate surface area is 114 Å². The third-order valence-electron chi connectivity index (χ3n) is 3.94. The largest absolute Gasteiger partial charge is 0.392 e. The highest BCUT2D eigenvalue weighted by Crippen LogP contribution is 2.30. The summed E-state index contributed by atoms with van der Waals surface area (Å²) in [4.78, 5) is 12.1. The van der Waals surface area contributed by atoms with Gasteiger partial charge in [0.2, 0.25) is 5.91 Å². The van der Waals surface area contributed by atoms with Gasteiger partial charge in [-0.3, -0.25) is 4.79 Å². The first-order valence-electron chi connectivity index (χ1n) is 6.91. The molecule has 0 bridgehead atoms. The van der Waals surface area contributed by atoms with E-state index in [0.717, 1.165) is 30.4 Å². The van der Waals surface area contributed by atoms with Crippen LogP contribution in [0.25, 0.3) is 0 Å². The molecular formula is C15H22N2O2. The molecule has 1 aromatic carbocycles. The maximum atomic E-state index is 12.1. The van der Waals surface area contributed by atoms with Gasteiger partial charge in [0.05, 0.1) is 6.61 Å². The summed E-state index contributed by atoms with van der Waals surface area (Å²) in [5.74, 6) is 0.525. The van der Waals surface area contributed by atoms with Crippen LogP contribution in [0.5, 0.6) is 0 Å². The predicted molar refractivity (Wildman–Crippen MR) is 74.1 cm³/mol. The highest BCUT2D eigenvalue weighted by atomic mass is 16.3. The molecule has 1 amide bonds. The lowest BCUT2D eigenvalue weighted by Crippen LogP contribution is -2.34. The molecule has 19 heavy (non-hydrogen) atoms. The number of aliphatic hydroxyl groups is 1. The summed E-state index contributed by atoms with van der Waals surface area (Å²) in [5, 5.41) is 12.1. The lowest BCUT2D eigenvalue weighted by molar-refractivity contribution is -0.126. The van der Waals surface area contributed by atoms with Gasteiger partial charge in [-0.2, -0.15) is 0 Å². The zero-order valence-electron chi connectivity index (χ0n) is 11.1. The number of amides is 1. The summed E-state index contributed by atoms with van der Waals surface area (Å²) in [6.07, 6.45) is 3.11. The van der Waals surface area contributed by atoms with Crippen LogP contribution in [0.1, 0.15) is 30.4 Å². The van der Waals surface area contributed by atoms with E-state index in [0.29, 0.717) is 19.0 Å². The van der Waals surface area contributed by atoms with Gasteiger partial charge in [-0.25, -0.2) is 0 Å². The first kappa shape index (κ1) is 14.0. The fourth-order valence-electron chi connectivity index (χ4n) is 2.82. The molecule has 0 heterocycles. The Bertz CT molecular complexity index is 434. The molecule has 4 heteroatoms. The summed E-state index contributed by atoms with van der Waals surface area (Å²) >= 11 is 0. The molecule has 4 nitrogen and oxygen atoms in total. The number of rotatable bonds is 5. The molecule has 104 valence electrons. The quantitative estimate of drug-likeness (QED) is 0.745. The van der Waals surface area contributed by atoms with Crippen molar-refractivity contribution < 1.29 is 9.90 Å². The van der Waals surface area contributed by atoms with Crippen molar-refractivity contribution in [2.45, 2.75) is 32.4 Å². The van der Waals surface area contributed by atoms with Crippen LogP contribution < -0.4 is 11.1 Å². The first-order valence-corrected chi connectivity index (χ1v) is 6.91.